The predicted octanol–water partition coefficient (Wildman–Crippen LogP) is 1.73. The van der Waals surface area contributed by atoms with Gasteiger partial charge in [0.2, 0.25) is 0 Å². The van der Waals surface area contributed by atoms with Crippen LogP contribution in [0.15, 0.2) is 18.2 Å². The molecule has 80 valence electrons. The molecule has 0 aliphatic carbocycles. The van der Waals surface area contributed by atoms with Gasteiger partial charge in [-0.2, -0.15) is 0 Å². The van der Waals surface area contributed by atoms with E-state index in [1.54, 1.807) is 12.1 Å². The number of benzene rings is 1. The fourth-order valence-electron chi connectivity index (χ4n) is 1.43. The minimum absolute atomic E-state index is 0.0341. The topological polar surface area (TPSA) is 63.6 Å². The highest BCUT2D eigenvalue weighted by Crippen LogP contribution is 2.16. The van der Waals surface area contributed by atoms with Gasteiger partial charge in [-0.3, -0.25) is 0 Å². The summed E-state index contributed by atoms with van der Waals surface area (Å²) in [7, 11) is 1.23. The Kier molecular flexibility index (Phi) is 3.44. The van der Waals surface area contributed by atoms with E-state index < -0.39 is 11.9 Å². The molecule has 4 heteroatoms. The van der Waals surface area contributed by atoms with Crippen molar-refractivity contribution in [1.29, 1.82) is 0 Å². The first-order valence-electron chi connectivity index (χ1n) is 4.55. The monoisotopic (exact) mass is 208 g/mol. The number of methoxy groups -OCH3 is 1. The molecule has 0 atom stereocenters. The van der Waals surface area contributed by atoms with Crippen molar-refractivity contribution in [2.24, 2.45) is 0 Å². The zero-order valence-electron chi connectivity index (χ0n) is 8.61. The first kappa shape index (κ1) is 11.2. The van der Waals surface area contributed by atoms with E-state index in [1.807, 2.05) is 6.92 Å². The number of aryl methyl sites for hydroxylation is 1. The van der Waals surface area contributed by atoms with E-state index in [4.69, 9.17) is 5.11 Å². The molecule has 0 heterocycles. The Labute approximate surface area is 87.5 Å². The molecular formula is C11H12O4. The van der Waals surface area contributed by atoms with Crippen LogP contribution in [0, 0.1) is 0 Å². The second-order valence-electron chi connectivity index (χ2n) is 2.99. The van der Waals surface area contributed by atoms with E-state index >= 15 is 0 Å². The number of hydrogen-bond donors (Lipinski definition) is 1. The first-order chi connectivity index (χ1) is 7.11. The average Bonchev–Trinajstić information content (AvgIpc) is 2.26. The van der Waals surface area contributed by atoms with Gasteiger partial charge in [-0.05, 0) is 18.1 Å². The molecule has 1 aromatic carbocycles. The Hall–Kier alpha value is -1.84. The summed E-state index contributed by atoms with van der Waals surface area (Å²) in [4.78, 5) is 22.3. The summed E-state index contributed by atoms with van der Waals surface area (Å²) in [5.41, 5.74) is 0.765. The van der Waals surface area contributed by atoms with Crippen LogP contribution in [0.2, 0.25) is 0 Å². The van der Waals surface area contributed by atoms with Gasteiger partial charge >= 0.3 is 11.9 Å². The van der Waals surface area contributed by atoms with Crippen molar-refractivity contribution in [2.75, 3.05) is 7.11 Å². The molecule has 0 fully saturated rings. The van der Waals surface area contributed by atoms with Crippen LogP contribution in [0.5, 0.6) is 0 Å². The molecule has 0 aliphatic rings. The molecule has 0 amide bonds. The van der Waals surface area contributed by atoms with Gasteiger partial charge < -0.3 is 9.84 Å². The van der Waals surface area contributed by atoms with Gasteiger partial charge in [0.05, 0.1) is 18.2 Å². The fraction of sp³-hybridized carbons (Fsp3) is 0.273. The molecule has 0 radical (unpaired) electrons. The number of carboxylic acid groups (broad SMARTS) is 1. The van der Waals surface area contributed by atoms with Crippen LogP contribution >= 0.6 is 0 Å². The molecule has 1 aromatic rings. The molecule has 4 nitrogen and oxygen atoms in total. The van der Waals surface area contributed by atoms with Gasteiger partial charge in [0.25, 0.3) is 0 Å². The van der Waals surface area contributed by atoms with Crippen LogP contribution < -0.4 is 0 Å². The van der Waals surface area contributed by atoms with Crippen LogP contribution in [-0.2, 0) is 11.2 Å². The Morgan fingerprint density at radius 2 is 2.07 bits per heavy atom. The highest BCUT2D eigenvalue weighted by molar-refractivity contribution is 6.03. The number of aromatic carboxylic acids is 1. The summed E-state index contributed by atoms with van der Waals surface area (Å²) in [5, 5.41) is 9.01. The van der Waals surface area contributed by atoms with E-state index in [0.717, 1.165) is 0 Å². The number of carboxylic acids is 1. The molecule has 1 rings (SSSR count). The number of carbonyl (C=O) groups excluding carboxylic acids is 1. The van der Waals surface area contributed by atoms with Crippen molar-refractivity contribution >= 4 is 11.9 Å². The molecule has 0 spiro atoms. The van der Waals surface area contributed by atoms with Crippen molar-refractivity contribution in [2.45, 2.75) is 13.3 Å². The maximum absolute atomic E-state index is 11.3. The predicted molar refractivity (Wildman–Crippen MR) is 54.1 cm³/mol. The Morgan fingerprint density at radius 3 is 2.53 bits per heavy atom. The molecule has 15 heavy (non-hydrogen) atoms. The van der Waals surface area contributed by atoms with E-state index in [-0.39, 0.29) is 11.1 Å². The fourth-order valence-corrected chi connectivity index (χ4v) is 1.43. The van der Waals surface area contributed by atoms with Crippen LogP contribution in [0.3, 0.4) is 0 Å². The molecule has 0 saturated carbocycles. The number of rotatable bonds is 3. The van der Waals surface area contributed by atoms with Crippen LogP contribution in [-0.4, -0.2) is 24.2 Å². The number of esters is 1. The standard InChI is InChI=1S/C11H12O4/c1-3-7-5-4-6-8(11(14)15-2)9(7)10(12)13/h4-6H,3H2,1-2H3,(H,12,13). The average molecular weight is 208 g/mol. The van der Waals surface area contributed by atoms with Crippen molar-refractivity contribution in [3.63, 3.8) is 0 Å². The minimum Gasteiger partial charge on any atom is -0.478 e. The van der Waals surface area contributed by atoms with Crippen molar-refractivity contribution < 1.29 is 19.4 Å². The normalized spacial score (nSPS) is 9.73. The van der Waals surface area contributed by atoms with Gasteiger partial charge in [0.1, 0.15) is 0 Å². The number of carbonyl (C=O) groups is 2. The van der Waals surface area contributed by atoms with Gasteiger partial charge in [-0.15, -0.1) is 0 Å². The minimum atomic E-state index is -1.10. The third kappa shape index (κ3) is 2.15. The number of ether oxygens (including phenoxy) is 1. The first-order valence-corrected chi connectivity index (χ1v) is 4.55. The van der Waals surface area contributed by atoms with E-state index in [1.165, 1.54) is 13.2 Å². The summed E-state index contributed by atoms with van der Waals surface area (Å²) in [6, 6.07) is 4.79. The molecule has 0 aromatic heterocycles. The van der Waals surface area contributed by atoms with Gasteiger partial charge in [-0.25, -0.2) is 9.59 Å². The smallest absolute Gasteiger partial charge is 0.338 e. The van der Waals surface area contributed by atoms with E-state index in [9.17, 15) is 9.59 Å². The third-order valence-electron chi connectivity index (χ3n) is 2.15. The maximum atomic E-state index is 11.3. The quantitative estimate of drug-likeness (QED) is 0.768. The van der Waals surface area contributed by atoms with Crippen molar-refractivity contribution in [1.82, 2.24) is 0 Å². The molecular weight excluding hydrogens is 196 g/mol. The lowest BCUT2D eigenvalue weighted by Crippen LogP contribution is -2.12. The number of hydrogen-bond acceptors (Lipinski definition) is 3. The lowest BCUT2D eigenvalue weighted by molar-refractivity contribution is 0.0582. The lowest BCUT2D eigenvalue weighted by atomic mass is 9.99. The summed E-state index contributed by atoms with van der Waals surface area (Å²) < 4.78 is 4.52. The molecule has 0 unspecified atom stereocenters. The molecule has 0 saturated heterocycles. The van der Waals surface area contributed by atoms with Crippen molar-refractivity contribution in [3.8, 4) is 0 Å². The van der Waals surface area contributed by atoms with E-state index in [2.05, 4.69) is 4.74 Å². The molecule has 0 aliphatic heterocycles. The lowest BCUT2D eigenvalue weighted by Gasteiger charge is -2.08. The van der Waals surface area contributed by atoms with Crippen LogP contribution in [0.25, 0.3) is 0 Å². The summed E-state index contributed by atoms with van der Waals surface area (Å²) in [5.74, 6) is -1.73. The zero-order chi connectivity index (χ0) is 11.4. The summed E-state index contributed by atoms with van der Waals surface area (Å²) in [6.45, 7) is 1.84. The third-order valence-corrected chi connectivity index (χ3v) is 2.15. The van der Waals surface area contributed by atoms with Gasteiger partial charge in [-0.1, -0.05) is 19.1 Å². The van der Waals surface area contributed by atoms with Crippen LogP contribution in [0.4, 0.5) is 0 Å². The Bertz CT molecular complexity index is 396. The van der Waals surface area contributed by atoms with Gasteiger partial charge in [0, 0.05) is 0 Å². The zero-order valence-corrected chi connectivity index (χ0v) is 8.61. The Balaban J connectivity index is 3.38. The summed E-state index contributed by atoms with van der Waals surface area (Å²) >= 11 is 0. The van der Waals surface area contributed by atoms with Crippen molar-refractivity contribution in [3.05, 3.63) is 34.9 Å². The highest BCUT2D eigenvalue weighted by atomic mass is 16.5. The van der Waals surface area contributed by atoms with Crippen LogP contribution in [0.1, 0.15) is 33.2 Å². The largest absolute Gasteiger partial charge is 0.478 e. The van der Waals surface area contributed by atoms with E-state index in [0.29, 0.717) is 12.0 Å². The molecule has 1 N–H and O–H groups in total. The maximum Gasteiger partial charge on any atom is 0.338 e. The molecule has 0 bridgehead atoms. The van der Waals surface area contributed by atoms with Gasteiger partial charge in [0.15, 0.2) is 0 Å². The second-order valence-corrected chi connectivity index (χ2v) is 2.99. The highest BCUT2D eigenvalue weighted by Gasteiger charge is 2.19. The summed E-state index contributed by atoms with van der Waals surface area (Å²) in [6.07, 6.45) is 0.562. The Morgan fingerprint density at radius 1 is 1.40 bits per heavy atom. The second kappa shape index (κ2) is 4.59. The SMILES string of the molecule is CCc1cccc(C(=O)OC)c1C(=O)O.